The van der Waals surface area contributed by atoms with E-state index in [2.05, 4.69) is 24.9 Å². The second-order valence-corrected chi connectivity index (χ2v) is 6.82. The maximum absolute atomic E-state index is 12.6. The van der Waals surface area contributed by atoms with E-state index in [1.54, 1.807) is 0 Å². The minimum absolute atomic E-state index is 0.0142. The van der Waals surface area contributed by atoms with Crippen LogP contribution in [0.5, 0.6) is 0 Å². The van der Waals surface area contributed by atoms with Crippen LogP contribution in [0.3, 0.4) is 0 Å². The summed E-state index contributed by atoms with van der Waals surface area (Å²) in [6, 6.07) is 6.16. The Kier molecular flexibility index (Phi) is 4.00. The van der Waals surface area contributed by atoms with Gasteiger partial charge in [0, 0.05) is 30.2 Å². The van der Waals surface area contributed by atoms with Crippen LogP contribution in [0.4, 0.5) is 0 Å². The third-order valence-corrected chi connectivity index (χ3v) is 4.89. The predicted molar refractivity (Wildman–Crippen MR) is 91.5 cm³/mol. The van der Waals surface area contributed by atoms with Gasteiger partial charge in [-0.25, -0.2) is 0 Å². The second-order valence-electron chi connectivity index (χ2n) is 6.26. The molecule has 0 saturated heterocycles. The van der Waals surface area contributed by atoms with E-state index in [0.717, 1.165) is 30.2 Å². The summed E-state index contributed by atoms with van der Waals surface area (Å²) < 4.78 is 2.00. The van der Waals surface area contributed by atoms with Crippen molar-refractivity contribution in [3.63, 3.8) is 0 Å². The molecule has 0 radical (unpaired) electrons. The number of halogens is 1. The first kappa shape index (κ1) is 15.2. The predicted octanol–water partition coefficient (Wildman–Crippen LogP) is 3.93. The molecule has 1 N–H and O–H groups in total. The largest absolute Gasteiger partial charge is 0.350 e. The Morgan fingerprint density at radius 1 is 1.45 bits per heavy atom. The van der Waals surface area contributed by atoms with E-state index < -0.39 is 0 Å². The van der Waals surface area contributed by atoms with Gasteiger partial charge in [0.2, 0.25) is 0 Å². The van der Waals surface area contributed by atoms with Crippen molar-refractivity contribution in [1.82, 2.24) is 9.88 Å². The quantitative estimate of drug-likeness (QED) is 0.661. The molecule has 1 aliphatic carbocycles. The van der Waals surface area contributed by atoms with Crippen molar-refractivity contribution in [1.29, 1.82) is 0 Å². The lowest BCUT2D eigenvalue weighted by Crippen LogP contribution is -2.43. The Morgan fingerprint density at radius 3 is 2.95 bits per heavy atom. The average Bonchev–Trinajstić information content (AvgIpc) is 2.79. The van der Waals surface area contributed by atoms with E-state index in [9.17, 15) is 4.79 Å². The van der Waals surface area contributed by atoms with Gasteiger partial charge < -0.3 is 9.88 Å². The number of alkyl halides is 1. The number of amides is 1. The molecule has 1 amide bonds. The van der Waals surface area contributed by atoms with Gasteiger partial charge in [-0.15, -0.1) is 11.6 Å². The average molecular weight is 317 g/mol. The number of carbonyl (C=O) groups is 1. The molecule has 2 aromatic rings. The summed E-state index contributed by atoms with van der Waals surface area (Å²) in [6.45, 7) is 6.04. The molecule has 1 aromatic heterocycles. The normalized spacial score (nSPS) is 22.0. The zero-order chi connectivity index (χ0) is 15.9. The summed E-state index contributed by atoms with van der Waals surface area (Å²) in [7, 11) is 1.97. The standard InChI is InChI=1S/C18H21ClN2O/c1-11-5-7-16(15(19)8-11)20-18(22)14-10-21(3)17-9-12(2)4-6-13(14)17/h4,6,9-10,15-16H,1,5,7-8H2,2-3H3,(H,20,22). The lowest BCUT2D eigenvalue weighted by atomic mass is 9.91. The van der Waals surface area contributed by atoms with Gasteiger partial charge in [0.1, 0.15) is 0 Å². The lowest BCUT2D eigenvalue weighted by Gasteiger charge is -2.29. The topological polar surface area (TPSA) is 34.0 Å². The Labute approximate surface area is 136 Å². The Morgan fingerprint density at radius 2 is 2.23 bits per heavy atom. The molecular formula is C18H21ClN2O. The summed E-state index contributed by atoms with van der Waals surface area (Å²) in [5, 5.41) is 4.02. The van der Waals surface area contributed by atoms with Crippen LogP contribution in [0.2, 0.25) is 0 Å². The second kappa shape index (κ2) is 5.81. The van der Waals surface area contributed by atoms with Crippen LogP contribution in [0, 0.1) is 6.92 Å². The molecule has 3 rings (SSSR count). The van der Waals surface area contributed by atoms with Gasteiger partial charge in [-0.1, -0.05) is 24.3 Å². The van der Waals surface area contributed by atoms with Crippen LogP contribution >= 0.6 is 11.6 Å². The molecule has 116 valence electrons. The first-order chi connectivity index (χ1) is 10.5. The summed E-state index contributed by atoms with van der Waals surface area (Å²) in [5.41, 5.74) is 4.15. The number of fused-ring (bicyclic) bond motifs is 1. The van der Waals surface area contributed by atoms with Crippen LogP contribution in [-0.4, -0.2) is 21.9 Å². The summed E-state index contributed by atoms with van der Waals surface area (Å²) in [5.74, 6) is -0.0439. The number of carbonyl (C=O) groups excluding carboxylic acids is 1. The van der Waals surface area contributed by atoms with Crippen molar-refractivity contribution in [2.45, 2.75) is 37.6 Å². The number of nitrogens with zero attached hydrogens (tertiary/aromatic N) is 1. The first-order valence-electron chi connectivity index (χ1n) is 7.63. The van der Waals surface area contributed by atoms with E-state index in [1.807, 2.05) is 29.9 Å². The van der Waals surface area contributed by atoms with Crippen molar-refractivity contribution in [2.24, 2.45) is 7.05 Å². The maximum atomic E-state index is 12.6. The molecule has 1 aliphatic rings. The third-order valence-electron chi connectivity index (χ3n) is 4.44. The summed E-state index contributed by atoms with van der Waals surface area (Å²) in [4.78, 5) is 12.6. The molecule has 22 heavy (non-hydrogen) atoms. The minimum atomic E-state index is -0.0672. The van der Waals surface area contributed by atoms with Crippen LogP contribution < -0.4 is 5.32 Å². The number of hydrogen-bond acceptors (Lipinski definition) is 1. The molecule has 1 heterocycles. The highest BCUT2D eigenvalue weighted by Crippen LogP contribution is 2.27. The van der Waals surface area contributed by atoms with Crippen molar-refractivity contribution in [3.8, 4) is 0 Å². The molecule has 1 aromatic carbocycles. The molecule has 0 bridgehead atoms. The van der Waals surface area contributed by atoms with Crippen LogP contribution in [0.1, 0.15) is 35.2 Å². The molecule has 1 fully saturated rings. The van der Waals surface area contributed by atoms with Gasteiger partial charge in [-0.05, 0) is 37.8 Å². The van der Waals surface area contributed by atoms with Gasteiger partial charge in [0.15, 0.2) is 0 Å². The van der Waals surface area contributed by atoms with Crippen molar-refractivity contribution >= 4 is 28.4 Å². The van der Waals surface area contributed by atoms with Crippen molar-refractivity contribution < 1.29 is 4.79 Å². The fourth-order valence-electron chi connectivity index (χ4n) is 3.14. The minimum Gasteiger partial charge on any atom is -0.350 e. The van der Waals surface area contributed by atoms with E-state index in [0.29, 0.717) is 5.56 Å². The summed E-state index contributed by atoms with van der Waals surface area (Å²) >= 11 is 6.37. The smallest absolute Gasteiger partial charge is 0.253 e. The Hall–Kier alpha value is -1.74. The molecule has 2 atom stereocenters. The number of hydrogen-bond donors (Lipinski definition) is 1. The van der Waals surface area contributed by atoms with E-state index in [1.165, 1.54) is 11.1 Å². The molecule has 1 saturated carbocycles. The molecular weight excluding hydrogens is 296 g/mol. The zero-order valence-electron chi connectivity index (χ0n) is 13.0. The first-order valence-corrected chi connectivity index (χ1v) is 8.06. The van der Waals surface area contributed by atoms with Crippen LogP contribution in [0.25, 0.3) is 10.9 Å². The van der Waals surface area contributed by atoms with Crippen LogP contribution in [-0.2, 0) is 7.05 Å². The van der Waals surface area contributed by atoms with Crippen LogP contribution in [0.15, 0.2) is 36.5 Å². The number of allylic oxidation sites excluding steroid dienone is 1. The number of aryl methyl sites for hydroxylation is 2. The fourth-order valence-corrected chi connectivity index (χ4v) is 3.55. The molecule has 0 spiro atoms. The number of aromatic nitrogens is 1. The lowest BCUT2D eigenvalue weighted by molar-refractivity contribution is 0.0933. The van der Waals surface area contributed by atoms with Crippen molar-refractivity contribution in [2.75, 3.05) is 0 Å². The molecule has 0 aliphatic heterocycles. The van der Waals surface area contributed by atoms with E-state index in [4.69, 9.17) is 11.6 Å². The molecule has 3 nitrogen and oxygen atoms in total. The highest BCUT2D eigenvalue weighted by Gasteiger charge is 2.27. The Bertz CT molecular complexity index is 747. The highest BCUT2D eigenvalue weighted by molar-refractivity contribution is 6.21. The molecule has 2 unspecified atom stereocenters. The van der Waals surface area contributed by atoms with Gasteiger partial charge in [-0.2, -0.15) is 0 Å². The maximum Gasteiger partial charge on any atom is 0.253 e. The zero-order valence-corrected chi connectivity index (χ0v) is 13.8. The van der Waals surface area contributed by atoms with Crippen molar-refractivity contribution in [3.05, 3.63) is 47.7 Å². The number of rotatable bonds is 2. The van der Waals surface area contributed by atoms with E-state index in [-0.39, 0.29) is 17.3 Å². The Balaban J connectivity index is 1.85. The number of benzene rings is 1. The monoisotopic (exact) mass is 316 g/mol. The van der Waals surface area contributed by atoms with Gasteiger partial charge in [0.25, 0.3) is 5.91 Å². The van der Waals surface area contributed by atoms with Gasteiger partial charge in [-0.3, -0.25) is 4.79 Å². The third kappa shape index (κ3) is 2.78. The summed E-state index contributed by atoms with van der Waals surface area (Å²) in [6.07, 6.45) is 4.47. The van der Waals surface area contributed by atoms with E-state index >= 15 is 0 Å². The molecule has 4 heteroatoms. The van der Waals surface area contributed by atoms with Gasteiger partial charge in [0.05, 0.1) is 10.9 Å². The fraction of sp³-hybridized carbons (Fsp3) is 0.389. The SMILES string of the molecule is C=C1CCC(NC(=O)c2cn(C)c3cc(C)ccc23)C(Cl)C1. The number of nitrogens with one attached hydrogen (secondary N) is 1. The highest BCUT2D eigenvalue weighted by atomic mass is 35.5. The van der Waals surface area contributed by atoms with Gasteiger partial charge >= 0.3 is 0 Å².